The van der Waals surface area contributed by atoms with Crippen LogP contribution in [0.15, 0.2) is 48.7 Å². The van der Waals surface area contributed by atoms with Gasteiger partial charge in [-0.15, -0.1) is 0 Å². The van der Waals surface area contributed by atoms with E-state index in [1.807, 2.05) is 52.1 Å². The van der Waals surface area contributed by atoms with E-state index in [0.29, 0.717) is 43.9 Å². The molecule has 9 heteroatoms. The van der Waals surface area contributed by atoms with Gasteiger partial charge < -0.3 is 29.6 Å². The zero-order valence-electron chi connectivity index (χ0n) is 23.3. The standard InChI is InChI=1S/C31H38N4O5/c1-39-27-17-21-9-12-28(36)33-19-25-11-10-24(18-29(37)32-14-5-7-23(16-21)31(27)40-2)35(25)30(38)20-34-15-13-22-6-3-4-8-26(22)34/h3-4,6,8,13,15-17,24-25H,5,7,9-12,14,18-20H2,1-2H3,(H,32,37)(H,33,36)/t24-,25+/m0/s1. The molecular weight excluding hydrogens is 508 g/mol. The number of nitrogens with zero attached hydrogens (tertiary/aromatic N) is 2. The minimum absolute atomic E-state index is 0.0379. The van der Waals surface area contributed by atoms with Crippen molar-refractivity contribution in [2.45, 2.75) is 63.6 Å². The van der Waals surface area contributed by atoms with Crippen LogP contribution in [0.25, 0.3) is 10.9 Å². The average Bonchev–Trinajstić information content (AvgIpc) is 3.56. The van der Waals surface area contributed by atoms with Crippen LogP contribution in [-0.2, 0) is 33.8 Å². The lowest BCUT2D eigenvalue weighted by Gasteiger charge is -2.31. The number of nitrogens with one attached hydrogen (secondary N) is 2. The third-order valence-corrected chi connectivity index (χ3v) is 8.05. The Labute approximate surface area is 234 Å². The minimum Gasteiger partial charge on any atom is -0.493 e. The molecule has 4 bridgehead atoms. The van der Waals surface area contributed by atoms with Crippen molar-refractivity contribution in [1.29, 1.82) is 0 Å². The molecule has 0 unspecified atom stereocenters. The van der Waals surface area contributed by atoms with Gasteiger partial charge in [-0.2, -0.15) is 0 Å². The quantitative estimate of drug-likeness (QED) is 0.523. The Morgan fingerprint density at radius 2 is 1.77 bits per heavy atom. The van der Waals surface area contributed by atoms with Crippen molar-refractivity contribution in [2.75, 3.05) is 27.3 Å². The van der Waals surface area contributed by atoms with Gasteiger partial charge in [0.2, 0.25) is 17.7 Å². The van der Waals surface area contributed by atoms with Crippen molar-refractivity contribution in [2.24, 2.45) is 0 Å². The first-order valence-electron chi connectivity index (χ1n) is 14.1. The molecule has 3 aromatic rings. The Kier molecular flexibility index (Phi) is 8.57. The molecule has 1 saturated heterocycles. The second-order valence-corrected chi connectivity index (χ2v) is 10.6. The van der Waals surface area contributed by atoms with Crippen LogP contribution in [0, 0.1) is 0 Å². The summed E-state index contributed by atoms with van der Waals surface area (Å²) in [6, 6.07) is 13.6. The van der Waals surface area contributed by atoms with Crippen molar-refractivity contribution in [3.63, 3.8) is 0 Å². The fraction of sp³-hybridized carbons (Fsp3) is 0.452. The summed E-state index contributed by atoms with van der Waals surface area (Å²) < 4.78 is 13.1. The third-order valence-electron chi connectivity index (χ3n) is 8.05. The van der Waals surface area contributed by atoms with Crippen molar-refractivity contribution < 1.29 is 23.9 Å². The highest BCUT2D eigenvalue weighted by Gasteiger charge is 2.38. The zero-order valence-corrected chi connectivity index (χ0v) is 23.3. The lowest BCUT2D eigenvalue weighted by Crippen LogP contribution is -2.48. The summed E-state index contributed by atoms with van der Waals surface area (Å²) in [6.07, 6.45) is 5.96. The van der Waals surface area contributed by atoms with Gasteiger partial charge in [-0.05, 0) is 66.8 Å². The Morgan fingerprint density at radius 3 is 2.60 bits per heavy atom. The number of hydrogen-bond acceptors (Lipinski definition) is 5. The Balaban J connectivity index is 1.34. The topological polar surface area (TPSA) is 102 Å². The molecule has 40 heavy (non-hydrogen) atoms. The second-order valence-electron chi connectivity index (χ2n) is 10.6. The first kappa shape index (κ1) is 27.6. The van der Waals surface area contributed by atoms with Crippen LogP contribution in [-0.4, -0.2) is 66.6 Å². The van der Waals surface area contributed by atoms with Gasteiger partial charge >= 0.3 is 0 Å². The van der Waals surface area contributed by atoms with E-state index in [2.05, 4.69) is 16.7 Å². The Morgan fingerprint density at radius 1 is 0.950 bits per heavy atom. The lowest BCUT2D eigenvalue weighted by molar-refractivity contribution is -0.136. The Bertz CT molecular complexity index is 1380. The van der Waals surface area contributed by atoms with Crippen molar-refractivity contribution in [3.8, 4) is 11.5 Å². The molecule has 2 aliphatic heterocycles. The van der Waals surface area contributed by atoms with E-state index in [4.69, 9.17) is 9.47 Å². The highest BCUT2D eigenvalue weighted by molar-refractivity contribution is 5.84. The lowest BCUT2D eigenvalue weighted by atomic mass is 10.0. The fourth-order valence-corrected chi connectivity index (χ4v) is 6.08. The van der Waals surface area contributed by atoms with E-state index in [0.717, 1.165) is 41.3 Å². The molecule has 2 N–H and O–H groups in total. The first-order valence-corrected chi connectivity index (χ1v) is 14.1. The Hall–Kier alpha value is -4.01. The predicted molar refractivity (Wildman–Crippen MR) is 152 cm³/mol. The van der Waals surface area contributed by atoms with Gasteiger partial charge in [0.25, 0.3) is 0 Å². The third kappa shape index (κ3) is 6.08. The molecule has 9 nitrogen and oxygen atoms in total. The molecule has 5 rings (SSSR count). The SMILES string of the molecule is COc1cc2cc(c1OC)CCCNC(=O)C[C@@H]1CC[C@H](CNC(=O)CC2)N1C(=O)Cn1ccc2ccccc21. The zero-order chi connectivity index (χ0) is 28.1. The van der Waals surface area contributed by atoms with Gasteiger partial charge in [0.15, 0.2) is 11.5 Å². The summed E-state index contributed by atoms with van der Waals surface area (Å²) in [5.41, 5.74) is 2.98. The summed E-state index contributed by atoms with van der Waals surface area (Å²) in [5, 5.41) is 7.18. The highest BCUT2D eigenvalue weighted by atomic mass is 16.5. The normalized spacial score (nSPS) is 20.5. The summed E-state index contributed by atoms with van der Waals surface area (Å²) in [5.74, 6) is 1.15. The van der Waals surface area contributed by atoms with Gasteiger partial charge in [0.05, 0.1) is 14.2 Å². The molecule has 0 radical (unpaired) electrons. The molecule has 0 aliphatic carbocycles. The van der Waals surface area contributed by atoms with Gasteiger partial charge in [-0.3, -0.25) is 14.4 Å². The highest BCUT2D eigenvalue weighted by Crippen LogP contribution is 2.34. The molecule has 2 atom stereocenters. The van der Waals surface area contributed by atoms with Crippen LogP contribution in [0.2, 0.25) is 0 Å². The molecule has 212 valence electrons. The summed E-state index contributed by atoms with van der Waals surface area (Å²) in [7, 11) is 3.22. The van der Waals surface area contributed by atoms with Crippen molar-refractivity contribution >= 4 is 28.6 Å². The molecule has 1 aromatic heterocycles. The van der Waals surface area contributed by atoms with E-state index in [-0.39, 0.29) is 42.8 Å². The maximum Gasteiger partial charge on any atom is 0.243 e. The number of hydrogen-bond donors (Lipinski definition) is 2. The molecular formula is C31H38N4O5. The molecule has 2 aromatic carbocycles. The maximum absolute atomic E-state index is 13.7. The second kappa shape index (κ2) is 12.4. The number of benzene rings is 2. The van der Waals surface area contributed by atoms with Gasteiger partial charge in [0.1, 0.15) is 6.54 Å². The number of ether oxygens (including phenoxy) is 2. The predicted octanol–water partition coefficient (Wildman–Crippen LogP) is 3.22. The number of carbonyl (C=O) groups excluding carboxylic acids is 3. The smallest absolute Gasteiger partial charge is 0.243 e. The van der Waals surface area contributed by atoms with E-state index < -0.39 is 0 Å². The van der Waals surface area contributed by atoms with Gasteiger partial charge in [-0.1, -0.05) is 24.3 Å². The van der Waals surface area contributed by atoms with E-state index in [1.54, 1.807) is 14.2 Å². The van der Waals surface area contributed by atoms with E-state index in [9.17, 15) is 14.4 Å². The number of fused-ring (bicyclic) bond motifs is 5. The number of amides is 3. The maximum atomic E-state index is 13.7. The molecule has 3 heterocycles. The number of aromatic nitrogens is 1. The molecule has 3 amide bonds. The number of methoxy groups -OCH3 is 2. The summed E-state index contributed by atoms with van der Waals surface area (Å²) >= 11 is 0. The number of carbonyl (C=O) groups is 3. The van der Waals surface area contributed by atoms with Gasteiger partial charge in [0, 0.05) is 49.7 Å². The van der Waals surface area contributed by atoms with Crippen molar-refractivity contribution in [3.05, 3.63) is 59.8 Å². The number of aryl methyl sites for hydroxylation is 2. The average molecular weight is 547 g/mol. The summed E-state index contributed by atoms with van der Waals surface area (Å²) in [6.45, 7) is 1.08. The summed E-state index contributed by atoms with van der Waals surface area (Å²) in [4.78, 5) is 41.4. The first-order chi connectivity index (χ1) is 19.5. The molecule has 0 spiro atoms. The van der Waals surface area contributed by atoms with Crippen LogP contribution in [0.5, 0.6) is 11.5 Å². The monoisotopic (exact) mass is 546 g/mol. The largest absolute Gasteiger partial charge is 0.493 e. The van der Waals surface area contributed by atoms with Crippen molar-refractivity contribution in [1.82, 2.24) is 20.1 Å². The van der Waals surface area contributed by atoms with Gasteiger partial charge in [-0.25, -0.2) is 0 Å². The molecule has 1 fully saturated rings. The van der Waals surface area contributed by atoms with Crippen LogP contribution in [0.3, 0.4) is 0 Å². The number of rotatable bonds is 4. The van der Waals surface area contributed by atoms with E-state index >= 15 is 0 Å². The van der Waals surface area contributed by atoms with E-state index in [1.165, 1.54) is 0 Å². The molecule has 0 saturated carbocycles. The van der Waals surface area contributed by atoms with Crippen LogP contribution in [0.1, 0.15) is 43.2 Å². The fourth-order valence-electron chi connectivity index (χ4n) is 6.08. The van der Waals surface area contributed by atoms with Crippen LogP contribution >= 0.6 is 0 Å². The number of para-hydroxylation sites is 1. The van der Waals surface area contributed by atoms with Crippen LogP contribution in [0.4, 0.5) is 0 Å². The van der Waals surface area contributed by atoms with Crippen LogP contribution < -0.4 is 20.1 Å². The minimum atomic E-state index is -0.203. The molecule has 2 aliphatic rings.